The summed E-state index contributed by atoms with van der Waals surface area (Å²) in [5.41, 5.74) is 2.00. The van der Waals surface area contributed by atoms with Crippen molar-refractivity contribution >= 4 is 33.4 Å². The van der Waals surface area contributed by atoms with Gasteiger partial charge in [0.2, 0.25) is 11.8 Å². The van der Waals surface area contributed by atoms with Gasteiger partial charge in [0.1, 0.15) is 10.9 Å². The predicted octanol–water partition coefficient (Wildman–Crippen LogP) is 1.24. The molecule has 1 unspecified atom stereocenters. The van der Waals surface area contributed by atoms with E-state index in [1.165, 1.54) is 17.2 Å². The van der Waals surface area contributed by atoms with Gasteiger partial charge in [0.05, 0.1) is 11.9 Å². The van der Waals surface area contributed by atoms with Crippen LogP contribution in [0.2, 0.25) is 0 Å². The fourth-order valence-corrected chi connectivity index (χ4v) is 5.58. The smallest absolute Gasteiger partial charge is 0.265 e. The molecule has 31 heavy (non-hydrogen) atoms. The maximum atomic E-state index is 12.9. The van der Waals surface area contributed by atoms with Crippen molar-refractivity contribution in [3.63, 3.8) is 0 Å². The summed E-state index contributed by atoms with van der Waals surface area (Å²) >= 11 is 0. The van der Waals surface area contributed by atoms with Crippen LogP contribution in [0.1, 0.15) is 59.6 Å². The molecule has 10 nitrogen and oxygen atoms in total. The third-order valence-corrected chi connectivity index (χ3v) is 7.62. The number of aromatic nitrogens is 2. The van der Waals surface area contributed by atoms with Crippen LogP contribution in [0.25, 0.3) is 0 Å². The van der Waals surface area contributed by atoms with Crippen LogP contribution in [0.4, 0.5) is 5.69 Å². The van der Waals surface area contributed by atoms with Gasteiger partial charge in [0.15, 0.2) is 0 Å². The second-order valence-electron chi connectivity index (χ2n) is 8.15. The van der Waals surface area contributed by atoms with E-state index >= 15 is 0 Å². The summed E-state index contributed by atoms with van der Waals surface area (Å²) in [7, 11) is -3.85. The molecule has 3 aliphatic rings. The van der Waals surface area contributed by atoms with Gasteiger partial charge in [0.25, 0.3) is 15.9 Å². The number of fused-ring (bicyclic) bond motifs is 1. The molecule has 1 aliphatic carbocycles. The lowest BCUT2D eigenvalue weighted by molar-refractivity contribution is -0.136. The second kappa shape index (κ2) is 7.19. The SMILES string of the molecule is O=C1CCC(N2Cc3cc(NS(=O)(=O)c4cn[nH]c4C4CCC4)ccc3C2=O)C(=O)N1. The first-order valence-electron chi connectivity index (χ1n) is 10.2. The van der Waals surface area contributed by atoms with Crippen molar-refractivity contribution in [1.82, 2.24) is 20.4 Å². The molecule has 3 N–H and O–H groups in total. The largest absolute Gasteiger partial charge is 0.322 e. The second-order valence-corrected chi connectivity index (χ2v) is 9.80. The van der Waals surface area contributed by atoms with Gasteiger partial charge in [-0.05, 0) is 43.0 Å². The number of hydrogen-bond donors (Lipinski definition) is 3. The molecule has 2 aliphatic heterocycles. The number of sulfonamides is 1. The Morgan fingerprint density at radius 1 is 1.13 bits per heavy atom. The van der Waals surface area contributed by atoms with E-state index in [4.69, 9.17) is 0 Å². The number of piperidine rings is 1. The van der Waals surface area contributed by atoms with E-state index in [2.05, 4.69) is 20.2 Å². The molecular formula is C20H21N5O5S. The number of nitrogens with zero attached hydrogens (tertiary/aromatic N) is 2. The zero-order valence-electron chi connectivity index (χ0n) is 16.6. The fraction of sp³-hybridized carbons (Fsp3) is 0.400. The van der Waals surface area contributed by atoms with Crippen molar-refractivity contribution in [3.8, 4) is 0 Å². The summed E-state index contributed by atoms with van der Waals surface area (Å²) < 4.78 is 28.5. The number of benzene rings is 1. The third kappa shape index (κ3) is 3.38. The number of amides is 3. The Bertz CT molecular complexity index is 1200. The van der Waals surface area contributed by atoms with E-state index in [1.807, 2.05) is 0 Å². The van der Waals surface area contributed by atoms with E-state index in [-0.39, 0.29) is 42.0 Å². The summed E-state index contributed by atoms with van der Waals surface area (Å²) in [4.78, 5) is 37.9. The maximum absolute atomic E-state index is 12.9. The van der Waals surface area contributed by atoms with Gasteiger partial charge in [-0.1, -0.05) is 6.42 Å². The van der Waals surface area contributed by atoms with E-state index in [0.717, 1.165) is 19.3 Å². The highest BCUT2D eigenvalue weighted by molar-refractivity contribution is 7.92. The van der Waals surface area contributed by atoms with Gasteiger partial charge in [-0.25, -0.2) is 8.42 Å². The van der Waals surface area contributed by atoms with Crippen LogP contribution in [0.15, 0.2) is 29.3 Å². The molecule has 5 rings (SSSR count). The van der Waals surface area contributed by atoms with Crippen molar-refractivity contribution in [3.05, 3.63) is 41.2 Å². The minimum atomic E-state index is -3.85. The number of rotatable bonds is 5. The number of imide groups is 1. The summed E-state index contributed by atoms with van der Waals surface area (Å²) in [5, 5.41) is 8.99. The van der Waals surface area contributed by atoms with E-state index in [0.29, 0.717) is 22.5 Å². The van der Waals surface area contributed by atoms with Crippen LogP contribution in [-0.2, 0) is 26.2 Å². The van der Waals surface area contributed by atoms with Gasteiger partial charge in [-0.15, -0.1) is 0 Å². The van der Waals surface area contributed by atoms with Gasteiger partial charge < -0.3 is 4.90 Å². The molecule has 0 bridgehead atoms. The lowest BCUT2D eigenvalue weighted by Crippen LogP contribution is -2.52. The van der Waals surface area contributed by atoms with Gasteiger partial charge in [-0.2, -0.15) is 5.10 Å². The average Bonchev–Trinajstić information content (AvgIpc) is 3.26. The van der Waals surface area contributed by atoms with Crippen LogP contribution < -0.4 is 10.0 Å². The molecule has 1 aromatic heterocycles. The summed E-state index contributed by atoms with van der Waals surface area (Å²) in [6.45, 7) is 0.176. The number of carbonyl (C=O) groups excluding carboxylic acids is 3. The van der Waals surface area contributed by atoms with E-state index in [1.54, 1.807) is 12.1 Å². The zero-order valence-corrected chi connectivity index (χ0v) is 17.4. The van der Waals surface area contributed by atoms with Crippen LogP contribution in [0, 0.1) is 0 Å². The number of hydrogen-bond acceptors (Lipinski definition) is 6. The monoisotopic (exact) mass is 443 g/mol. The van der Waals surface area contributed by atoms with Crippen LogP contribution in [0.3, 0.4) is 0 Å². The van der Waals surface area contributed by atoms with Crippen molar-refractivity contribution in [1.29, 1.82) is 0 Å². The molecule has 1 aromatic carbocycles. The Morgan fingerprint density at radius 2 is 1.94 bits per heavy atom. The van der Waals surface area contributed by atoms with E-state index < -0.39 is 22.0 Å². The van der Waals surface area contributed by atoms with Crippen molar-refractivity contribution in [2.75, 3.05) is 4.72 Å². The fourth-order valence-electron chi connectivity index (χ4n) is 4.34. The molecule has 162 valence electrons. The van der Waals surface area contributed by atoms with E-state index in [9.17, 15) is 22.8 Å². The number of H-pyrrole nitrogens is 1. The van der Waals surface area contributed by atoms with Crippen molar-refractivity contribution in [2.45, 2.75) is 55.5 Å². The molecule has 1 saturated heterocycles. The highest BCUT2D eigenvalue weighted by atomic mass is 32.2. The van der Waals surface area contributed by atoms with Gasteiger partial charge in [0, 0.05) is 30.1 Å². The Morgan fingerprint density at radius 3 is 2.65 bits per heavy atom. The summed E-state index contributed by atoms with van der Waals surface area (Å²) in [6.07, 6.45) is 4.70. The molecular weight excluding hydrogens is 422 g/mol. The van der Waals surface area contributed by atoms with Crippen molar-refractivity contribution in [2.24, 2.45) is 0 Å². The van der Waals surface area contributed by atoms with Gasteiger partial charge in [-0.3, -0.25) is 29.5 Å². The molecule has 1 atom stereocenters. The number of aromatic amines is 1. The normalized spacial score (nSPS) is 21.6. The zero-order chi connectivity index (χ0) is 21.8. The molecule has 3 amide bonds. The molecule has 2 fully saturated rings. The van der Waals surface area contributed by atoms with Crippen LogP contribution in [-0.4, -0.2) is 47.3 Å². The Hall–Kier alpha value is -3.21. The standard InChI is InChI=1S/C20H21N5O5S/c26-17-7-6-15(19(27)22-17)25-10-12-8-13(4-5-14(12)20(25)28)24-31(29,30)16-9-21-23-18(16)11-2-1-3-11/h4-5,8-9,11,15,24H,1-3,6-7,10H2,(H,21,23)(H,22,26,27). The molecule has 0 radical (unpaired) electrons. The minimum Gasteiger partial charge on any atom is -0.322 e. The van der Waals surface area contributed by atoms with Gasteiger partial charge >= 0.3 is 0 Å². The average molecular weight is 443 g/mol. The summed E-state index contributed by atoms with van der Waals surface area (Å²) in [6, 6.07) is 3.99. The molecule has 1 saturated carbocycles. The first-order valence-corrected chi connectivity index (χ1v) is 11.7. The Kier molecular flexibility index (Phi) is 4.58. The predicted molar refractivity (Wildman–Crippen MR) is 108 cm³/mol. The van der Waals surface area contributed by atoms with Crippen LogP contribution in [0.5, 0.6) is 0 Å². The number of nitrogens with one attached hydrogen (secondary N) is 3. The molecule has 2 aromatic rings. The Balaban J connectivity index is 1.36. The first-order chi connectivity index (χ1) is 14.8. The Labute approximate surface area is 178 Å². The summed E-state index contributed by atoms with van der Waals surface area (Å²) in [5.74, 6) is -0.959. The number of carbonyl (C=O) groups is 3. The quantitative estimate of drug-likeness (QED) is 0.594. The minimum absolute atomic E-state index is 0.138. The molecule has 3 heterocycles. The molecule has 0 spiro atoms. The molecule has 11 heteroatoms. The third-order valence-electron chi connectivity index (χ3n) is 6.21. The number of anilines is 1. The topological polar surface area (TPSA) is 141 Å². The van der Waals surface area contributed by atoms with Crippen LogP contribution >= 0.6 is 0 Å². The highest BCUT2D eigenvalue weighted by Gasteiger charge is 2.39. The lowest BCUT2D eigenvalue weighted by Gasteiger charge is -2.29. The van der Waals surface area contributed by atoms with Crippen molar-refractivity contribution < 1.29 is 22.8 Å². The first kappa shape index (κ1) is 19.7. The highest BCUT2D eigenvalue weighted by Crippen LogP contribution is 2.38. The maximum Gasteiger partial charge on any atom is 0.265 e. The lowest BCUT2D eigenvalue weighted by atomic mass is 9.83.